The van der Waals surface area contributed by atoms with Crippen molar-refractivity contribution in [3.63, 3.8) is 0 Å². The van der Waals surface area contributed by atoms with Gasteiger partial charge in [-0.3, -0.25) is 4.98 Å². The third-order valence-corrected chi connectivity index (χ3v) is 6.05. The van der Waals surface area contributed by atoms with Crippen molar-refractivity contribution in [1.82, 2.24) is 4.98 Å². The number of fused-ring (bicyclic) bond motifs is 3. The Morgan fingerprint density at radius 3 is 2.13 bits per heavy atom. The van der Waals surface area contributed by atoms with Crippen LogP contribution in [0.15, 0.2) is 84.9 Å². The third-order valence-electron chi connectivity index (χ3n) is 5.61. The van der Waals surface area contributed by atoms with Gasteiger partial charge in [0.2, 0.25) is 0 Å². The maximum Gasteiger partial charge on any atom is 0.0607 e. The van der Waals surface area contributed by atoms with Crippen LogP contribution < -0.4 is 0 Å². The number of nitrogens with zero attached hydrogens (tertiary/aromatic N) is 1. The molecular formula is C27H14Cl2IrN-. The van der Waals surface area contributed by atoms with Gasteiger partial charge in [-0.2, -0.15) is 0 Å². The van der Waals surface area contributed by atoms with Gasteiger partial charge in [-0.05, 0) is 57.8 Å². The molecule has 4 heteroatoms. The molecule has 1 heterocycles. The Hall–Kier alpha value is -2.48. The van der Waals surface area contributed by atoms with Crippen LogP contribution in [0.2, 0.25) is 10.0 Å². The van der Waals surface area contributed by atoms with Gasteiger partial charge in [0, 0.05) is 35.5 Å². The molecule has 0 aliphatic heterocycles. The summed E-state index contributed by atoms with van der Waals surface area (Å²) in [4.78, 5) is 4.98. The average Bonchev–Trinajstić information content (AvgIpc) is 3.09. The maximum absolute atomic E-state index is 6.21. The van der Waals surface area contributed by atoms with Crippen LogP contribution in [0.5, 0.6) is 0 Å². The molecule has 0 fully saturated rings. The molecule has 0 saturated heterocycles. The monoisotopic (exact) mass is 615 g/mol. The normalized spacial score (nSPS) is 11.3. The second kappa shape index (κ2) is 7.89. The van der Waals surface area contributed by atoms with Crippen molar-refractivity contribution in [2.24, 2.45) is 0 Å². The van der Waals surface area contributed by atoms with Crippen LogP contribution >= 0.6 is 23.2 Å². The van der Waals surface area contributed by atoms with Crippen molar-refractivity contribution >= 4 is 34.1 Å². The number of aromatic nitrogens is 1. The Balaban J connectivity index is 0.00000204. The molecule has 1 aliphatic rings. The zero-order chi connectivity index (χ0) is 20.2. The SMILES string of the molecule is Clc1cc(Cl)cc(-c2cc[c-]c(-c3cc4c5c(cccc5n3)-c3ccccc3-4)c2)c1.[Ir]. The molecule has 0 bridgehead atoms. The van der Waals surface area contributed by atoms with Crippen molar-refractivity contribution in [3.05, 3.63) is 101 Å². The molecule has 31 heavy (non-hydrogen) atoms. The molecule has 0 spiro atoms. The summed E-state index contributed by atoms with van der Waals surface area (Å²) in [6, 6.07) is 32.0. The fourth-order valence-corrected chi connectivity index (χ4v) is 4.86. The fraction of sp³-hybridized carbons (Fsp3) is 0. The predicted octanol–water partition coefficient (Wildman–Crippen LogP) is 8.32. The minimum absolute atomic E-state index is 0. The van der Waals surface area contributed by atoms with Gasteiger partial charge in [-0.25, -0.2) is 0 Å². The van der Waals surface area contributed by atoms with E-state index in [0.717, 1.165) is 27.9 Å². The Labute approximate surface area is 204 Å². The Bertz CT molecular complexity index is 1460. The number of hydrogen-bond acceptors (Lipinski definition) is 1. The van der Waals surface area contributed by atoms with Gasteiger partial charge in [0.05, 0.1) is 5.52 Å². The van der Waals surface area contributed by atoms with E-state index in [9.17, 15) is 0 Å². The molecule has 0 atom stereocenters. The van der Waals surface area contributed by atoms with Crippen LogP contribution in [0.4, 0.5) is 0 Å². The third kappa shape index (κ3) is 3.41. The van der Waals surface area contributed by atoms with Crippen LogP contribution in [0.1, 0.15) is 0 Å². The zero-order valence-corrected chi connectivity index (χ0v) is 20.0. The molecule has 1 aliphatic carbocycles. The topological polar surface area (TPSA) is 12.9 Å². The van der Waals surface area contributed by atoms with Gasteiger partial charge in [0.15, 0.2) is 0 Å². The predicted molar refractivity (Wildman–Crippen MR) is 126 cm³/mol. The maximum atomic E-state index is 6.21. The second-order valence-electron chi connectivity index (χ2n) is 7.45. The van der Waals surface area contributed by atoms with Gasteiger partial charge in [0.25, 0.3) is 0 Å². The summed E-state index contributed by atoms with van der Waals surface area (Å²) < 4.78 is 0. The molecule has 6 rings (SSSR count). The van der Waals surface area contributed by atoms with E-state index in [0.29, 0.717) is 10.0 Å². The van der Waals surface area contributed by atoms with E-state index in [1.54, 1.807) is 6.07 Å². The second-order valence-corrected chi connectivity index (χ2v) is 8.32. The van der Waals surface area contributed by atoms with E-state index in [2.05, 4.69) is 60.7 Å². The van der Waals surface area contributed by atoms with E-state index >= 15 is 0 Å². The Morgan fingerprint density at radius 2 is 1.35 bits per heavy atom. The van der Waals surface area contributed by atoms with Gasteiger partial charge >= 0.3 is 0 Å². The average molecular weight is 616 g/mol. The first-order chi connectivity index (χ1) is 14.7. The van der Waals surface area contributed by atoms with Crippen LogP contribution in [-0.2, 0) is 20.1 Å². The minimum atomic E-state index is 0. The number of benzene rings is 4. The molecule has 1 radical (unpaired) electrons. The van der Waals surface area contributed by atoms with E-state index < -0.39 is 0 Å². The summed E-state index contributed by atoms with van der Waals surface area (Å²) in [5.41, 5.74) is 9.85. The molecule has 0 N–H and O–H groups in total. The summed E-state index contributed by atoms with van der Waals surface area (Å²) in [6.07, 6.45) is 0. The van der Waals surface area contributed by atoms with E-state index in [1.807, 2.05) is 24.3 Å². The zero-order valence-electron chi connectivity index (χ0n) is 16.1. The standard InChI is InChI=1S/C27H14Cl2N.Ir/c28-19-12-18(13-20(29)14-19)16-5-3-6-17(11-16)26-15-24-22-8-2-1-7-21(22)23-9-4-10-25(30-26)27(23)24;/h1-5,7-15H;/q-1;. The summed E-state index contributed by atoms with van der Waals surface area (Å²) in [6.45, 7) is 0. The smallest absolute Gasteiger partial charge is 0.0607 e. The fourth-order valence-electron chi connectivity index (χ4n) is 4.33. The van der Waals surface area contributed by atoms with Crippen molar-refractivity contribution in [2.75, 3.05) is 0 Å². The van der Waals surface area contributed by atoms with Crippen molar-refractivity contribution in [1.29, 1.82) is 0 Å². The van der Waals surface area contributed by atoms with Gasteiger partial charge in [-0.15, -0.1) is 35.4 Å². The first-order valence-electron chi connectivity index (χ1n) is 9.69. The molecule has 1 aromatic heterocycles. The Kier molecular flexibility index (Phi) is 5.20. The molecule has 4 aromatic carbocycles. The first kappa shape index (κ1) is 20.4. The van der Waals surface area contributed by atoms with Crippen LogP contribution in [0, 0.1) is 6.07 Å². The van der Waals surface area contributed by atoms with E-state index in [-0.39, 0.29) is 20.1 Å². The minimum Gasteiger partial charge on any atom is -0.296 e. The largest absolute Gasteiger partial charge is 0.296 e. The molecule has 1 nitrogen and oxygen atoms in total. The number of rotatable bonds is 2. The first-order valence-corrected chi connectivity index (χ1v) is 10.4. The summed E-state index contributed by atoms with van der Waals surface area (Å²) >= 11 is 12.4. The molecule has 5 aromatic rings. The van der Waals surface area contributed by atoms with Crippen LogP contribution in [0.25, 0.3) is 55.5 Å². The Morgan fingerprint density at radius 1 is 0.645 bits per heavy atom. The number of halogens is 2. The van der Waals surface area contributed by atoms with E-state index in [1.165, 1.54) is 27.6 Å². The van der Waals surface area contributed by atoms with Gasteiger partial charge in [0.1, 0.15) is 0 Å². The molecule has 0 amide bonds. The molecule has 0 saturated carbocycles. The molecular weight excluding hydrogens is 601 g/mol. The van der Waals surface area contributed by atoms with Crippen LogP contribution in [-0.4, -0.2) is 4.98 Å². The number of hydrogen-bond donors (Lipinski definition) is 0. The summed E-state index contributed by atoms with van der Waals surface area (Å²) in [5.74, 6) is 0. The summed E-state index contributed by atoms with van der Waals surface area (Å²) in [7, 11) is 0. The van der Waals surface area contributed by atoms with Crippen molar-refractivity contribution in [2.45, 2.75) is 0 Å². The van der Waals surface area contributed by atoms with Gasteiger partial charge in [-0.1, -0.05) is 65.7 Å². The summed E-state index contributed by atoms with van der Waals surface area (Å²) in [5, 5.41) is 2.46. The van der Waals surface area contributed by atoms with Crippen LogP contribution in [0.3, 0.4) is 0 Å². The molecule has 0 unspecified atom stereocenters. The van der Waals surface area contributed by atoms with Crippen molar-refractivity contribution < 1.29 is 20.1 Å². The van der Waals surface area contributed by atoms with Gasteiger partial charge < -0.3 is 0 Å². The van der Waals surface area contributed by atoms with E-state index in [4.69, 9.17) is 28.2 Å². The molecule has 151 valence electrons. The number of pyridine rings is 1. The van der Waals surface area contributed by atoms with Crippen molar-refractivity contribution in [3.8, 4) is 44.6 Å². The quantitative estimate of drug-likeness (QED) is 0.179.